The van der Waals surface area contributed by atoms with Crippen LogP contribution in [0.1, 0.15) is 37.4 Å². The Kier molecular flexibility index (Phi) is 8.16. The highest BCUT2D eigenvalue weighted by atomic mass is 35.5. The summed E-state index contributed by atoms with van der Waals surface area (Å²) < 4.78 is 0. The fourth-order valence-electron chi connectivity index (χ4n) is 3.84. The maximum absolute atomic E-state index is 12.3. The second-order valence-electron chi connectivity index (χ2n) is 6.87. The molecule has 2 aliphatic heterocycles. The minimum Gasteiger partial charge on any atom is -0.388 e. The number of amides is 1. The van der Waals surface area contributed by atoms with Crippen LogP contribution in [0, 0.1) is 0 Å². The number of nitrogens with one attached hydrogen (secondary N) is 1. The lowest BCUT2D eigenvalue weighted by Gasteiger charge is -2.30. The highest BCUT2D eigenvalue weighted by Gasteiger charge is 2.28. The normalized spacial score (nSPS) is 22.4. The Morgan fingerprint density at radius 3 is 2.64 bits per heavy atom. The van der Waals surface area contributed by atoms with Crippen LogP contribution < -0.4 is 5.32 Å². The predicted molar refractivity (Wildman–Crippen MR) is 102 cm³/mol. The fraction of sp³-hybridized carbons (Fsp3) is 0.632. The molecule has 140 valence electrons. The van der Waals surface area contributed by atoms with Crippen molar-refractivity contribution in [3.63, 3.8) is 0 Å². The van der Waals surface area contributed by atoms with Crippen molar-refractivity contribution < 1.29 is 9.90 Å². The first-order chi connectivity index (χ1) is 11.7. The summed E-state index contributed by atoms with van der Waals surface area (Å²) in [6.07, 6.45) is 3.21. The van der Waals surface area contributed by atoms with Gasteiger partial charge in [0.25, 0.3) is 0 Å². The van der Waals surface area contributed by atoms with Crippen LogP contribution in [0.4, 0.5) is 0 Å². The van der Waals surface area contributed by atoms with Gasteiger partial charge in [-0.25, -0.2) is 0 Å². The van der Waals surface area contributed by atoms with E-state index < -0.39 is 6.10 Å². The molecule has 0 aliphatic carbocycles. The van der Waals surface area contributed by atoms with Gasteiger partial charge in [0.1, 0.15) is 0 Å². The molecular formula is C19H30ClN3O2. The quantitative estimate of drug-likeness (QED) is 0.805. The average Bonchev–Trinajstić information content (AvgIpc) is 3.08. The Morgan fingerprint density at radius 2 is 1.92 bits per heavy atom. The van der Waals surface area contributed by atoms with Crippen LogP contribution in [0.25, 0.3) is 0 Å². The molecule has 0 spiro atoms. The molecule has 5 nitrogen and oxygen atoms in total. The topological polar surface area (TPSA) is 55.8 Å². The van der Waals surface area contributed by atoms with Crippen molar-refractivity contribution in [2.75, 3.05) is 39.3 Å². The Balaban J connectivity index is 0.00000225. The molecular weight excluding hydrogens is 338 g/mol. The van der Waals surface area contributed by atoms with Gasteiger partial charge in [-0.2, -0.15) is 0 Å². The second kappa shape index (κ2) is 10.1. The maximum atomic E-state index is 12.3. The van der Waals surface area contributed by atoms with E-state index in [2.05, 4.69) is 10.2 Å². The number of hydrogen-bond acceptors (Lipinski definition) is 4. The van der Waals surface area contributed by atoms with E-state index >= 15 is 0 Å². The summed E-state index contributed by atoms with van der Waals surface area (Å²) in [4.78, 5) is 16.7. The molecule has 25 heavy (non-hydrogen) atoms. The van der Waals surface area contributed by atoms with Gasteiger partial charge in [0.05, 0.1) is 6.10 Å². The number of hydrogen-bond donors (Lipinski definition) is 2. The molecule has 1 amide bonds. The molecule has 2 unspecified atom stereocenters. The van der Waals surface area contributed by atoms with E-state index in [1.807, 2.05) is 35.2 Å². The summed E-state index contributed by atoms with van der Waals surface area (Å²) in [7, 11) is 0. The van der Waals surface area contributed by atoms with Gasteiger partial charge in [0.2, 0.25) is 5.91 Å². The van der Waals surface area contributed by atoms with Gasteiger partial charge < -0.3 is 15.3 Å². The number of piperazine rings is 1. The van der Waals surface area contributed by atoms with E-state index in [4.69, 9.17) is 0 Å². The number of carbonyl (C=O) groups excluding carboxylic acids is 1. The van der Waals surface area contributed by atoms with E-state index in [0.717, 1.165) is 64.1 Å². The van der Waals surface area contributed by atoms with Gasteiger partial charge in [0.15, 0.2) is 0 Å². The number of halogens is 1. The van der Waals surface area contributed by atoms with Gasteiger partial charge in [-0.05, 0) is 31.4 Å². The number of carbonyl (C=O) groups is 1. The van der Waals surface area contributed by atoms with Gasteiger partial charge in [0, 0.05) is 45.2 Å². The van der Waals surface area contributed by atoms with Gasteiger partial charge >= 0.3 is 0 Å². The van der Waals surface area contributed by atoms with Crippen LogP contribution in [-0.4, -0.2) is 66.1 Å². The predicted octanol–water partition coefficient (Wildman–Crippen LogP) is 1.82. The van der Waals surface area contributed by atoms with Crippen LogP contribution in [-0.2, 0) is 4.79 Å². The van der Waals surface area contributed by atoms with Gasteiger partial charge in [-0.3, -0.25) is 9.69 Å². The summed E-state index contributed by atoms with van der Waals surface area (Å²) in [5.74, 6) is 0.269. The smallest absolute Gasteiger partial charge is 0.223 e. The standard InChI is InChI=1S/C19H29N3O2.ClH/c23-18(16-5-2-1-3-6-16)15-17-7-4-11-21(17)12-8-19(24)22-13-9-20-10-14-22;/h1-3,5-6,17-18,20,23H,4,7-15H2;1H. The molecule has 2 fully saturated rings. The molecule has 6 heteroatoms. The van der Waals surface area contributed by atoms with Crippen molar-refractivity contribution in [3.8, 4) is 0 Å². The number of likely N-dealkylation sites (tertiary alicyclic amines) is 1. The van der Waals surface area contributed by atoms with E-state index in [0.29, 0.717) is 12.5 Å². The van der Waals surface area contributed by atoms with Crippen molar-refractivity contribution in [1.29, 1.82) is 0 Å². The number of nitrogens with zero attached hydrogens (tertiary/aromatic N) is 2. The van der Waals surface area contributed by atoms with Crippen molar-refractivity contribution in [1.82, 2.24) is 15.1 Å². The van der Waals surface area contributed by atoms with Crippen LogP contribution in [0.15, 0.2) is 30.3 Å². The molecule has 2 heterocycles. The van der Waals surface area contributed by atoms with Crippen molar-refractivity contribution in [2.45, 2.75) is 37.8 Å². The van der Waals surface area contributed by atoms with Crippen molar-refractivity contribution in [2.24, 2.45) is 0 Å². The van der Waals surface area contributed by atoms with E-state index in [9.17, 15) is 9.90 Å². The second-order valence-corrected chi connectivity index (χ2v) is 6.87. The Hall–Kier alpha value is -1.14. The molecule has 3 rings (SSSR count). The number of rotatable bonds is 6. The molecule has 1 aromatic carbocycles. The summed E-state index contributed by atoms with van der Waals surface area (Å²) in [6, 6.07) is 10.3. The highest BCUT2D eigenvalue weighted by molar-refractivity contribution is 5.85. The lowest BCUT2D eigenvalue weighted by molar-refractivity contribution is -0.132. The SMILES string of the molecule is Cl.O=C(CCN1CCCC1CC(O)c1ccccc1)N1CCNCC1. The third-order valence-corrected chi connectivity index (χ3v) is 5.26. The zero-order valence-corrected chi connectivity index (χ0v) is 15.6. The van der Waals surface area contributed by atoms with Gasteiger partial charge in [-0.1, -0.05) is 30.3 Å². The van der Waals surface area contributed by atoms with Crippen LogP contribution in [0.2, 0.25) is 0 Å². The molecule has 0 radical (unpaired) electrons. The fourth-order valence-corrected chi connectivity index (χ4v) is 3.84. The summed E-state index contributed by atoms with van der Waals surface area (Å²) in [6.45, 7) is 5.32. The first kappa shape index (κ1) is 20.2. The minimum atomic E-state index is -0.416. The first-order valence-electron chi connectivity index (χ1n) is 9.19. The monoisotopic (exact) mass is 367 g/mol. The third-order valence-electron chi connectivity index (χ3n) is 5.26. The molecule has 1 aromatic rings. The zero-order valence-electron chi connectivity index (χ0n) is 14.8. The summed E-state index contributed by atoms with van der Waals surface area (Å²) in [5, 5.41) is 13.8. The molecule has 2 aliphatic rings. The molecule has 2 atom stereocenters. The minimum absolute atomic E-state index is 0. The maximum Gasteiger partial charge on any atom is 0.223 e. The number of aliphatic hydroxyl groups is 1. The Labute approximate surface area is 156 Å². The van der Waals surface area contributed by atoms with E-state index in [1.165, 1.54) is 0 Å². The third kappa shape index (κ3) is 5.68. The molecule has 2 N–H and O–H groups in total. The highest BCUT2D eigenvalue weighted by Crippen LogP contribution is 2.27. The number of benzene rings is 1. The van der Waals surface area contributed by atoms with Crippen molar-refractivity contribution in [3.05, 3.63) is 35.9 Å². The molecule has 0 aromatic heterocycles. The first-order valence-corrected chi connectivity index (χ1v) is 9.19. The lowest BCUT2D eigenvalue weighted by atomic mass is 10.0. The van der Waals surface area contributed by atoms with Crippen LogP contribution in [0.3, 0.4) is 0 Å². The van der Waals surface area contributed by atoms with E-state index in [1.54, 1.807) is 0 Å². The van der Waals surface area contributed by atoms with Gasteiger partial charge in [-0.15, -0.1) is 12.4 Å². The summed E-state index contributed by atoms with van der Waals surface area (Å²) >= 11 is 0. The Morgan fingerprint density at radius 1 is 1.20 bits per heavy atom. The van der Waals surface area contributed by atoms with Crippen LogP contribution >= 0.6 is 12.4 Å². The largest absolute Gasteiger partial charge is 0.388 e. The van der Waals surface area contributed by atoms with Crippen LogP contribution in [0.5, 0.6) is 0 Å². The number of aliphatic hydroxyl groups excluding tert-OH is 1. The van der Waals surface area contributed by atoms with E-state index in [-0.39, 0.29) is 18.3 Å². The molecule has 2 saturated heterocycles. The Bertz CT molecular complexity index is 523. The molecule has 0 bridgehead atoms. The lowest BCUT2D eigenvalue weighted by Crippen LogP contribution is -2.47. The zero-order chi connectivity index (χ0) is 16.8. The average molecular weight is 368 g/mol. The molecule has 0 saturated carbocycles. The summed E-state index contributed by atoms with van der Waals surface area (Å²) in [5.41, 5.74) is 0.987. The van der Waals surface area contributed by atoms with Crippen molar-refractivity contribution >= 4 is 18.3 Å².